The van der Waals surface area contributed by atoms with Crippen molar-refractivity contribution in [3.8, 4) is 11.4 Å². The van der Waals surface area contributed by atoms with Gasteiger partial charge in [0.15, 0.2) is 0 Å². The Labute approximate surface area is 224 Å². The summed E-state index contributed by atoms with van der Waals surface area (Å²) in [6.45, 7) is 6.69. The number of hydrogen-bond acceptors (Lipinski definition) is 4. The maximum Gasteiger partial charge on any atom is 0.322 e. The first kappa shape index (κ1) is 26.9. The number of methoxy groups -OCH3 is 1. The van der Waals surface area contributed by atoms with E-state index in [-0.39, 0.29) is 11.6 Å². The lowest BCUT2D eigenvalue weighted by Crippen LogP contribution is -2.41. The van der Waals surface area contributed by atoms with Gasteiger partial charge in [-0.2, -0.15) is 0 Å². The van der Waals surface area contributed by atoms with Crippen LogP contribution in [-0.4, -0.2) is 34.1 Å². The third kappa shape index (κ3) is 5.72. The first-order valence-electron chi connectivity index (χ1n) is 13.3. The Hall–Kier alpha value is -4.13. The molecule has 0 saturated carbocycles. The summed E-state index contributed by atoms with van der Waals surface area (Å²) in [5, 5.41) is 3.59. The molecule has 1 heterocycles. The molecular weight excluding hydrogens is 476 g/mol. The van der Waals surface area contributed by atoms with Crippen molar-refractivity contribution >= 4 is 22.6 Å². The molecule has 0 aliphatic heterocycles. The summed E-state index contributed by atoms with van der Waals surface area (Å²) in [5.74, 6) is 1.07. The van der Waals surface area contributed by atoms with Crippen molar-refractivity contribution in [2.75, 3.05) is 19.0 Å². The van der Waals surface area contributed by atoms with Gasteiger partial charge in [-0.05, 0) is 61.7 Å². The van der Waals surface area contributed by atoms with Crippen LogP contribution in [0.15, 0.2) is 77.6 Å². The first-order valence-corrected chi connectivity index (χ1v) is 13.3. The van der Waals surface area contributed by atoms with Gasteiger partial charge in [0.05, 0.1) is 29.7 Å². The average Bonchev–Trinajstić information content (AvgIpc) is 2.93. The number of carbonyl (C=O) groups is 1. The van der Waals surface area contributed by atoms with Crippen LogP contribution in [0.1, 0.15) is 57.0 Å². The topological polar surface area (TPSA) is 76.5 Å². The molecule has 0 bridgehead atoms. The SMILES string of the molecule is CCCCCN(C(=O)Nc1cccc(C)c1)C(CC)c1nc2ccccc2c(=O)n1-c1ccccc1OC. The molecule has 1 unspecified atom stereocenters. The summed E-state index contributed by atoms with van der Waals surface area (Å²) < 4.78 is 7.25. The summed E-state index contributed by atoms with van der Waals surface area (Å²) in [7, 11) is 1.58. The normalized spacial score (nSPS) is 11.8. The van der Waals surface area contributed by atoms with E-state index in [0.717, 1.165) is 30.5 Å². The summed E-state index contributed by atoms with van der Waals surface area (Å²) in [4.78, 5) is 34.6. The fourth-order valence-electron chi connectivity index (χ4n) is 4.81. The van der Waals surface area contributed by atoms with Crippen LogP contribution in [0, 0.1) is 6.92 Å². The Morgan fingerprint density at radius 3 is 2.53 bits per heavy atom. The molecular formula is C31H36N4O3. The van der Waals surface area contributed by atoms with Crippen LogP contribution in [0.4, 0.5) is 10.5 Å². The molecule has 7 nitrogen and oxygen atoms in total. The van der Waals surface area contributed by atoms with Gasteiger partial charge in [-0.25, -0.2) is 9.78 Å². The number of urea groups is 1. The van der Waals surface area contributed by atoms with E-state index in [9.17, 15) is 9.59 Å². The van der Waals surface area contributed by atoms with E-state index in [4.69, 9.17) is 9.72 Å². The number of rotatable bonds is 10. The minimum Gasteiger partial charge on any atom is -0.495 e. The predicted octanol–water partition coefficient (Wildman–Crippen LogP) is 6.88. The van der Waals surface area contributed by atoms with E-state index in [0.29, 0.717) is 41.1 Å². The zero-order valence-corrected chi connectivity index (χ0v) is 22.6. The standard InChI is InChI=1S/C31H36N4O3/c1-5-7-12-20-34(31(37)32-23-15-13-14-22(3)21-23)26(6-2)29-33-25-17-9-8-16-24(25)30(36)35(29)27-18-10-11-19-28(27)38-4/h8-11,13-19,21,26H,5-7,12,20H2,1-4H3,(H,32,37). The van der Waals surface area contributed by atoms with Crippen molar-refractivity contribution in [2.45, 2.75) is 52.5 Å². The molecule has 1 N–H and O–H groups in total. The lowest BCUT2D eigenvalue weighted by Gasteiger charge is -2.32. The quantitative estimate of drug-likeness (QED) is 0.235. The fourth-order valence-corrected chi connectivity index (χ4v) is 4.81. The number of fused-ring (bicyclic) bond motifs is 1. The number of carbonyl (C=O) groups excluding carboxylic acids is 1. The van der Waals surface area contributed by atoms with Gasteiger partial charge in [0, 0.05) is 12.2 Å². The molecule has 3 aromatic carbocycles. The highest BCUT2D eigenvalue weighted by atomic mass is 16.5. The van der Waals surface area contributed by atoms with E-state index in [1.165, 1.54) is 0 Å². The van der Waals surface area contributed by atoms with Gasteiger partial charge in [-0.1, -0.05) is 63.1 Å². The van der Waals surface area contributed by atoms with Crippen LogP contribution < -0.4 is 15.6 Å². The molecule has 1 atom stereocenters. The number of benzene rings is 3. The van der Waals surface area contributed by atoms with Crippen molar-refractivity contribution in [1.82, 2.24) is 14.5 Å². The number of anilines is 1. The monoisotopic (exact) mass is 512 g/mol. The fraction of sp³-hybridized carbons (Fsp3) is 0.323. The number of hydrogen-bond donors (Lipinski definition) is 1. The maximum absolute atomic E-state index is 14.0. The van der Waals surface area contributed by atoms with Gasteiger partial charge in [0.25, 0.3) is 5.56 Å². The van der Waals surface area contributed by atoms with E-state index < -0.39 is 6.04 Å². The highest BCUT2D eigenvalue weighted by molar-refractivity contribution is 5.89. The number of aryl methyl sites for hydroxylation is 1. The van der Waals surface area contributed by atoms with E-state index in [2.05, 4.69) is 12.2 Å². The number of amides is 2. The van der Waals surface area contributed by atoms with Crippen molar-refractivity contribution in [3.05, 3.63) is 94.5 Å². The van der Waals surface area contributed by atoms with Crippen molar-refractivity contribution in [1.29, 1.82) is 0 Å². The number of nitrogens with zero attached hydrogens (tertiary/aromatic N) is 3. The van der Waals surface area contributed by atoms with Gasteiger partial charge in [0.2, 0.25) is 0 Å². The predicted molar refractivity (Wildman–Crippen MR) is 153 cm³/mol. The third-order valence-corrected chi connectivity index (χ3v) is 6.72. The molecule has 0 spiro atoms. The van der Waals surface area contributed by atoms with Gasteiger partial charge < -0.3 is 15.0 Å². The van der Waals surface area contributed by atoms with Crippen LogP contribution >= 0.6 is 0 Å². The zero-order chi connectivity index (χ0) is 27.1. The van der Waals surface area contributed by atoms with Gasteiger partial charge in [-0.15, -0.1) is 0 Å². The second kappa shape index (κ2) is 12.4. The smallest absolute Gasteiger partial charge is 0.322 e. The Kier molecular flexibility index (Phi) is 8.79. The minimum absolute atomic E-state index is 0.193. The molecule has 1 aromatic heterocycles. The van der Waals surface area contributed by atoms with Crippen molar-refractivity contribution in [2.24, 2.45) is 0 Å². The highest BCUT2D eigenvalue weighted by Crippen LogP contribution is 2.30. The van der Waals surface area contributed by atoms with Crippen LogP contribution in [0.25, 0.3) is 16.6 Å². The Morgan fingerprint density at radius 2 is 1.79 bits per heavy atom. The molecule has 0 fully saturated rings. The second-order valence-electron chi connectivity index (χ2n) is 9.42. The van der Waals surface area contributed by atoms with Gasteiger partial charge >= 0.3 is 6.03 Å². The molecule has 38 heavy (non-hydrogen) atoms. The Balaban J connectivity index is 1.89. The molecule has 4 rings (SSSR count). The number of ether oxygens (including phenoxy) is 1. The van der Waals surface area contributed by atoms with Crippen LogP contribution in [0.2, 0.25) is 0 Å². The zero-order valence-electron chi connectivity index (χ0n) is 22.6. The van der Waals surface area contributed by atoms with Crippen LogP contribution in [0.5, 0.6) is 5.75 Å². The lowest BCUT2D eigenvalue weighted by molar-refractivity contribution is 0.179. The number of unbranched alkanes of at least 4 members (excludes halogenated alkanes) is 2. The van der Waals surface area contributed by atoms with Crippen LogP contribution in [-0.2, 0) is 0 Å². The van der Waals surface area contributed by atoms with Gasteiger partial charge in [0.1, 0.15) is 11.6 Å². The van der Waals surface area contributed by atoms with Crippen molar-refractivity contribution < 1.29 is 9.53 Å². The van der Waals surface area contributed by atoms with Crippen molar-refractivity contribution in [3.63, 3.8) is 0 Å². The summed E-state index contributed by atoms with van der Waals surface area (Å²) in [6.07, 6.45) is 3.45. The molecule has 7 heteroatoms. The first-order chi connectivity index (χ1) is 18.5. The van der Waals surface area contributed by atoms with Crippen LogP contribution in [0.3, 0.4) is 0 Å². The number of para-hydroxylation sites is 3. The Morgan fingerprint density at radius 1 is 1.03 bits per heavy atom. The second-order valence-corrected chi connectivity index (χ2v) is 9.42. The van der Waals surface area contributed by atoms with E-state index in [1.54, 1.807) is 17.7 Å². The maximum atomic E-state index is 14.0. The lowest BCUT2D eigenvalue weighted by atomic mass is 10.1. The largest absolute Gasteiger partial charge is 0.495 e. The molecule has 0 aliphatic carbocycles. The Bertz CT molecular complexity index is 1460. The minimum atomic E-state index is -0.445. The molecule has 0 radical (unpaired) electrons. The third-order valence-electron chi connectivity index (χ3n) is 6.72. The highest BCUT2D eigenvalue weighted by Gasteiger charge is 2.29. The molecule has 198 valence electrons. The number of nitrogens with one attached hydrogen (secondary N) is 1. The summed E-state index contributed by atoms with van der Waals surface area (Å²) in [5.41, 5.74) is 2.80. The van der Waals surface area contributed by atoms with E-state index >= 15 is 0 Å². The summed E-state index contributed by atoms with van der Waals surface area (Å²) >= 11 is 0. The number of aromatic nitrogens is 2. The molecule has 0 saturated heterocycles. The summed E-state index contributed by atoms with van der Waals surface area (Å²) in [6, 6.07) is 21.8. The molecule has 0 aliphatic rings. The molecule has 2 amide bonds. The van der Waals surface area contributed by atoms with Gasteiger partial charge in [-0.3, -0.25) is 9.36 Å². The van der Waals surface area contributed by atoms with E-state index in [1.807, 2.05) is 85.5 Å². The molecule has 4 aromatic rings. The average molecular weight is 513 g/mol.